The Kier molecular flexibility index (Phi) is 3.76. The van der Waals surface area contributed by atoms with Crippen molar-refractivity contribution in [1.29, 1.82) is 0 Å². The van der Waals surface area contributed by atoms with E-state index >= 15 is 0 Å². The van der Waals surface area contributed by atoms with Crippen molar-refractivity contribution in [3.05, 3.63) is 11.2 Å². The van der Waals surface area contributed by atoms with Crippen molar-refractivity contribution in [3.63, 3.8) is 0 Å². The van der Waals surface area contributed by atoms with Crippen LogP contribution in [0.4, 0.5) is 5.95 Å². The molecule has 1 rings (SSSR count). The Morgan fingerprint density at radius 2 is 2.31 bits per heavy atom. The fraction of sp³-hybridized carbons (Fsp3) is 0.500. The summed E-state index contributed by atoms with van der Waals surface area (Å²) in [5, 5.41) is 0.305. The average Bonchev–Trinajstić information content (AvgIpc) is 2.03. The zero-order chi connectivity index (χ0) is 9.68. The van der Waals surface area contributed by atoms with Gasteiger partial charge in [0.2, 0.25) is 11.8 Å². The number of nitrogens with two attached hydrogens (primary N) is 1. The molecule has 0 fully saturated rings. The van der Waals surface area contributed by atoms with Crippen LogP contribution < -0.4 is 10.5 Å². The summed E-state index contributed by atoms with van der Waals surface area (Å²) in [7, 11) is 0. The van der Waals surface area contributed by atoms with Crippen molar-refractivity contribution < 1.29 is 4.74 Å². The van der Waals surface area contributed by atoms with E-state index in [1.807, 2.05) is 0 Å². The Morgan fingerprint density at radius 3 is 2.92 bits per heavy atom. The van der Waals surface area contributed by atoms with Gasteiger partial charge in [-0.05, 0) is 6.42 Å². The van der Waals surface area contributed by atoms with E-state index in [0.29, 0.717) is 17.6 Å². The first-order valence-electron chi connectivity index (χ1n) is 4.15. The Morgan fingerprint density at radius 1 is 1.54 bits per heavy atom. The summed E-state index contributed by atoms with van der Waals surface area (Å²) in [5.74, 6) is 0.574. The quantitative estimate of drug-likeness (QED) is 0.597. The van der Waals surface area contributed by atoms with Gasteiger partial charge in [0.1, 0.15) is 5.15 Å². The summed E-state index contributed by atoms with van der Waals surface area (Å²) in [5.41, 5.74) is 5.38. The molecule has 72 valence electrons. The lowest BCUT2D eigenvalue weighted by atomic mass is 10.4. The van der Waals surface area contributed by atoms with Crippen molar-refractivity contribution in [2.75, 3.05) is 12.3 Å². The normalized spacial score (nSPS) is 10.0. The molecule has 0 aliphatic rings. The van der Waals surface area contributed by atoms with E-state index in [4.69, 9.17) is 22.1 Å². The number of nitrogens with zero attached hydrogens (tertiary/aromatic N) is 2. The van der Waals surface area contributed by atoms with Crippen molar-refractivity contribution in [3.8, 4) is 5.88 Å². The van der Waals surface area contributed by atoms with Gasteiger partial charge >= 0.3 is 0 Å². The smallest absolute Gasteiger partial charge is 0.224 e. The monoisotopic (exact) mass is 201 g/mol. The summed E-state index contributed by atoms with van der Waals surface area (Å²) in [6.45, 7) is 2.72. The van der Waals surface area contributed by atoms with Crippen molar-refractivity contribution in [2.45, 2.75) is 19.8 Å². The van der Waals surface area contributed by atoms with E-state index < -0.39 is 0 Å². The van der Waals surface area contributed by atoms with Crippen molar-refractivity contribution in [1.82, 2.24) is 9.97 Å². The van der Waals surface area contributed by atoms with Crippen LogP contribution in [0, 0.1) is 0 Å². The number of aromatic nitrogens is 2. The number of rotatable bonds is 4. The van der Waals surface area contributed by atoms with Gasteiger partial charge in [-0.3, -0.25) is 0 Å². The van der Waals surface area contributed by atoms with E-state index in [1.54, 1.807) is 6.07 Å². The first-order chi connectivity index (χ1) is 6.22. The standard InChI is InChI=1S/C8H12ClN3O/c1-2-3-4-13-7-5-6(9)11-8(10)12-7/h5H,2-4H2,1H3,(H2,10,11,12). The fourth-order valence-corrected chi connectivity index (χ4v) is 0.989. The maximum Gasteiger partial charge on any atom is 0.224 e. The number of ether oxygens (including phenoxy) is 1. The van der Waals surface area contributed by atoms with Gasteiger partial charge in [-0.1, -0.05) is 24.9 Å². The lowest BCUT2D eigenvalue weighted by Crippen LogP contribution is -2.02. The summed E-state index contributed by atoms with van der Waals surface area (Å²) in [6, 6.07) is 1.55. The van der Waals surface area contributed by atoms with Crippen LogP contribution in [-0.2, 0) is 0 Å². The predicted molar refractivity (Wildman–Crippen MR) is 51.9 cm³/mol. The molecule has 0 saturated carbocycles. The van der Waals surface area contributed by atoms with Crippen LogP contribution in [0.5, 0.6) is 5.88 Å². The third-order valence-electron chi connectivity index (χ3n) is 1.44. The molecule has 2 N–H and O–H groups in total. The fourth-order valence-electron chi connectivity index (χ4n) is 0.809. The molecule has 0 aromatic carbocycles. The number of anilines is 1. The second kappa shape index (κ2) is 4.87. The molecular formula is C8H12ClN3O. The highest BCUT2D eigenvalue weighted by atomic mass is 35.5. The number of halogens is 1. The Labute approximate surface area is 82.1 Å². The summed E-state index contributed by atoms with van der Waals surface area (Å²) in [4.78, 5) is 7.58. The summed E-state index contributed by atoms with van der Waals surface area (Å²) in [6.07, 6.45) is 2.07. The van der Waals surface area contributed by atoms with Gasteiger partial charge in [0.15, 0.2) is 0 Å². The molecular weight excluding hydrogens is 190 g/mol. The summed E-state index contributed by atoms with van der Waals surface area (Å²) < 4.78 is 5.29. The molecule has 4 nitrogen and oxygen atoms in total. The second-order valence-electron chi connectivity index (χ2n) is 2.59. The molecule has 0 aliphatic carbocycles. The van der Waals surface area contributed by atoms with Crippen LogP contribution in [0.2, 0.25) is 5.15 Å². The molecule has 0 aliphatic heterocycles. The molecule has 5 heteroatoms. The minimum absolute atomic E-state index is 0.138. The van der Waals surface area contributed by atoms with Gasteiger partial charge in [-0.2, -0.15) is 4.98 Å². The SMILES string of the molecule is CCCCOc1cc(Cl)nc(N)n1. The first kappa shape index (κ1) is 10.1. The molecule has 0 unspecified atom stereocenters. The number of hydrogen-bond donors (Lipinski definition) is 1. The zero-order valence-electron chi connectivity index (χ0n) is 7.46. The van der Waals surface area contributed by atoms with Gasteiger partial charge in [-0.15, -0.1) is 0 Å². The van der Waals surface area contributed by atoms with Crippen molar-refractivity contribution >= 4 is 17.5 Å². The van der Waals surface area contributed by atoms with E-state index in [1.165, 1.54) is 0 Å². The first-order valence-corrected chi connectivity index (χ1v) is 4.53. The number of unbranched alkanes of at least 4 members (excludes halogenated alkanes) is 1. The minimum atomic E-state index is 0.138. The van der Waals surface area contributed by atoms with Gasteiger partial charge in [0, 0.05) is 6.07 Å². The minimum Gasteiger partial charge on any atom is -0.478 e. The average molecular weight is 202 g/mol. The molecule has 1 aromatic heterocycles. The molecule has 0 saturated heterocycles. The van der Waals surface area contributed by atoms with Crippen molar-refractivity contribution in [2.24, 2.45) is 0 Å². The highest BCUT2D eigenvalue weighted by molar-refractivity contribution is 6.29. The van der Waals surface area contributed by atoms with E-state index in [-0.39, 0.29) is 5.95 Å². The molecule has 13 heavy (non-hydrogen) atoms. The lowest BCUT2D eigenvalue weighted by molar-refractivity contribution is 0.298. The van der Waals surface area contributed by atoms with E-state index in [2.05, 4.69) is 16.9 Å². The highest BCUT2D eigenvalue weighted by Gasteiger charge is 2.00. The van der Waals surface area contributed by atoms with Crippen LogP contribution in [0.3, 0.4) is 0 Å². The lowest BCUT2D eigenvalue weighted by Gasteiger charge is -2.04. The third-order valence-corrected chi connectivity index (χ3v) is 1.63. The van der Waals surface area contributed by atoms with Gasteiger partial charge in [0.25, 0.3) is 0 Å². The molecule has 0 atom stereocenters. The van der Waals surface area contributed by atoms with Gasteiger partial charge < -0.3 is 10.5 Å². The highest BCUT2D eigenvalue weighted by Crippen LogP contribution is 2.14. The van der Waals surface area contributed by atoms with Crippen LogP contribution in [0.25, 0.3) is 0 Å². The topological polar surface area (TPSA) is 61.0 Å². The molecule has 1 heterocycles. The Balaban J connectivity index is 2.56. The Hall–Kier alpha value is -1.03. The third kappa shape index (κ3) is 3.46. The molecule has 0 spiro atoms. The van der Waals surface area contributed by atoms with Gasteiger partial charge in [-0.25, -0.2) is 4.98 Å². The maximum absolute atomic E-state index is 5.65. The van der Waals surface area contributed by atoms with E-state index in [9.17, 15) is 0 Å². The van der Waals surface area contributed by atoms with Crippen LogP contribution >= 0.6 is 11.6 Å². The molecule has 0 bridgehead atoms. The number of nitrogen functional groups attached to an aromatic ring is 1. The largest absolute Gasteiger partial charge is 0.478 e. The molecule has 0 radical (unpaired) electrons. The Bertz CT molecular complexity index is 260. The van der Waals surface area contributed by atoms with Crippen LogP contribution in [0.1, 0.15) is 19.8 Å². The summed E-state index contributed by atoms with van der Waals surface area (Å²) >= 11 is 5.65. The predicted octanol–water partition coefficient (Wildman–Crippen LogP) is 1.89. The van der Waals surface area contributed by atoms with Crippen LogP contribution in [-0.4, -0.2) is 16.6 Å². The zero-order valence-corrected chi connectivity index (χ0v) is 8.21. The second-order valence-corrected chi connectivity index (χ2v) is 2.98. The molecule has 0 amide bonds. The van der Waals surface area contributed by atoms with Gasteiger partial charge in [0.05, 0.1) is 6.61 Å². The van der Waals surface area contributed by atoms with E-state index in [0.717, 1.165) is 12.8 Å². The molecule has 1 aromatic rings. The maximum atomic E-state index is 5.65. The van der Waals surface area contributed by atoms with Crippen LogP contribution in [0.15, 0.2) is 6.07 Å². The number of hydrogen-bond acceptors (Lipinski definition) is 4.